The molecule has 3 rings (SSSR count). The van der Waals surface area contributed by atoms with E-state index >= 15 is 0 Å². The van der Waals surface area contributed by atoms with Crippen LogP contribution in [-0.4, -0.2) is 18.5 Å². The van der Waals surface area contributed by atoms with Gasteiger partial charge in [-0.25, -0.2) is 0 Å². The molecule has 1 saturated carbocycles. The van der Waals surface area contributed by atoms with E-state index in [-0.39, 0.29) is 30.3 Å². The van der Waals surface area contributed by atoms with Crippen molar-refractivity contribution >= 4 is 29.1 Å². The Morgan fingerprint density at radius 3 is 2.75 bits per heavy atom. The van der Waals surface area contributed by atoms with Crippen LogP contribution in [0.1, 0.15) is 44.1 Å². The zero-order chi connectivity index (χ0) is 16.2. The molecule has 0 aromatic heterocycles. The molecule has 0 aliphatic heterocycles. The monoisotopic (exact) mass is 346 g/mol. The van der Waals surface area contributed by atoms with Crippen molar-refractivity contribution in [3.63, 3.8) is 0 Å². The molecule has 4 heteroatoms. The van der Waals surface area contributed by atoms with Gasteiger partial charge < -0.3 is 11.1 Å². The number of carbonyl (C=O) groups is 1. The average molecular weight is 347 g/mol. The van der Waals surface area contributed by atoms with Crippen LogP contribution in [0.2, 0.25) is 0 Å². The summed E-state index contributed by atoms with van der Waals surface area (Å²) in [5.74, 6) is 0.636. The molecule has 1 amide bonds. The smallest absolute Gasteiger partial charge is 0.224 e. The Hall–Kier alpha value is -1.58. The van der Waals surface area contributed by atoms with Crippen LogP contribution in [0, 0.1) is 5.92 Å². The molecule has 0 heterocycles. The summed E-state index contributed by atoms with van der Waals surface area (Å²) in [6, 6.07) is 14.9. The number of hydrogen-bond acceptors (Lipinski definition) is 2. The SMILES string of the molecule is CCCCC(CN)NC(=O)C1CC1c1cccc2ccccc12.Cl. The van der Waals surface area contributed by atoms with Gasteiger partial charge in [-0.3, -0.25) is 4.79 Å². The highest BCUT2D eigenvalue weighted by Crippen LogP contribution is 2.49. The Balaban J connectivity index is 0.00000208. The molecular formula is C20H27ClN2O. The molecule has 0 bridgehead atoms. The zero-order valence-electron chi connectivity index (χ0n) is 14.2. The second-order valence-electron chi connectivity index (χ2n) is 6.60. The van der Waals surface area contributed by atoms with E-state index in [0.29, 0.717) is 12.5 Å². The molecule has 0 saturated heterocycles. The Bertz CT molecular complexity index is 683. The van der Waals surface area contributed by atoms with Crippen LogP contribution >= 0.6 is 12.4 Å². The lowest BCUT2D eigenvalue weighted by atomic mass is 10.00. The number of fused-ring (bicyclic) bond motifs is 1. The van der Waals surface area contributed by atoms with Crippen molar-refractivity contribution in [3.05, 3.63) is 48.0 Å². The molecule has 1 aliphatic rings. The van der Waals surface area contributed by atoms with Gasteiger partial charge in [0.25, 0.3) is 0 Å². The molecule has 3 unspecified atom stereocenters. The van der Waals surface area contributed by atoms with Gasteiger partial charge in [-0.15, -0.1) is 12.4 Å². The summed E-state index contributed by atoms with van der Waals surface area (Å²) in [6.07, 6.45) is 4.17. The van der Waals surface area contributed by atoms with Crippen LogP contribution in [0.15, 0.2) is 42.5 Å². The maximum Gasteiger partial charge on any atom is 0.224 e. The largest absolute Gasteiger partial charge is 0.352 e. The summed E-state index contributed by atoms with van der Waals surface area (Å²) in [6.45, 7) is 2.68. The van der Waals surface area contributed by atoms with Crippen LogP contribution in [0.3, 0.4) is 0 Å². The second-order valence-corrected chi connectivity index (χ2v) is 6.60. The lowest BCUT2D eigenvalue weighted by Crippen LogP contribution is -2.41. The fraction of sp³-hybridized carbons (Fsp3) is 0.450. The van der Waals surface area contributed by atoms with Gasteiger partial charge in [0.1, 0.15) is 0 Å². The van der Waals surface area contributed by atoms with E-state index in [1.54, 1.807) is 0 Å². The van der Waals surface area contributed by atoms with E-state index in [2.05, 4.69) is 54.7 Å². The molecule has 3 atom stereocenters. The molecule has 130 valence electrons. The summed E-state index contributed by atoms with van der Waals surface area (Å²) in [4.78, 5) is 12.5. The third-order valence-electron chi connectivity index (χ3n) is 4.89. The van der Waals surface area contributed by atoms with Gasteiger partial charge in [-0.1, -0.05) is 62.2 Å². The fourth-order valence-corrected chi connectivity index (χ4v) is 3.41. The minimum atomic E-state index is 0. The van der Waals surface area contributed by atoms with Crippen LogP contribution in [0.25, 0.3) is 10.8 Å². The minimum absolute atomic E-state index is 0. The van der Waals surface area contributed by atoms with Gasteiger partial charge in [0.05, 0.1) is 0 Å². The fourth-order valence-electron chi connectivity index (χ4n) is 3.41. The van der Waals surface area contributed by atoms with Crippen LogP contribution in [0.4, 0.5) is 0 Å². The number of nitrogens with one attached hydrogen (secondary N) is 1. The van der Waals surface area contributed by atoms with Gasteiger partial charge in [-0.05, 0) is 35.1 Å². The Kier molecular flexibility index (Phi) is 6.64. The first kappa shape index (κ1) is 18.8. The highest BCUT2D eigenvalue weighted by atomic mass is 35.5. The summed E-state index contributed by atoms with van der Waals surface area (Å²) in [5.41, 5.74) is 7.09. The first-order chi connectivity index (χ1) is 11.2. The van der Waals surface area contributed by atoms with Crippen molar-refractivity contribution in [3.8, 4) is 0 Å². The van der Waals surface area contributed by atoms with Gasteiger partial charge >= 0.3 is 0 Å². The Morgan fingerprint density at radius 1 is 1.25 bits per heavy atom. The number of hydrogen-bond donors (Lipinski definition) is 2. The topological polar surface area (TPSA) is 55.1 Å². The van der Waals surface area contributed by atoms with E-state index in [4.69, 9.17) is 5.73 Å². The number of unbranched alkanes of at least 4 members (excludes halogenated alkanes) is 1. The number of amides is 1. The first-order valence-electron chi connectivity index (χ1n) is 8.72. The van der Waals surface area contributed by atoms with E-state index in [0.717, 1.165) is 25.7 Å². The molecule has 3 N–H and O–H groups in total. The molecule has 0 spiro atoms. The van der Waals surface area contributed by atoms with Crippen LogP contribution in [0.5, 0.6) is 0 Å². The zero-order valence-corrected chi connectivity index (χ0v) is 15.0. The number of nitrogens with two attached hydrogens (primary N) is 1. The van der Waals surface area contributed by atoms with E-state index in [9.17, 15) is 4.79 Å². The van der Waals surface area contributed by atoms with Crippen LogP contribution < -0.4 is 11.1 Å². The molecule has 2 aromatic carbocycles. The van der Waals surface area contributed by atoms with Crippen molar-refractivity contribution in [1.82, 2.24) is 5.32 Å². The third kappa shape index (κ3) is 4.08. The first-order valence-corrected chi connectivity index (χ1v) is 8.72. The maximum absolute atomic E-state index is 12.5. The quantitative estimate of drug-likeness (QED) is 0.796. The van der Waals surface area contributed by atoms with Crippen molar-refractivity contribution in [1.29, 1.82) is 0 Å². The second kappa shape index (κ2) is 8.50. The molecule has 0 radical (unpaired) electrons. The predicted molar refractivity (Wildman–Crippen MR) is 103 cm³/mol. The van der Waals surface area contributed by atoms with Gasteiger partial charge in [0.15, 0.2) is 0 Å². The molecule has 24 heavy (non-hydrogen) atoms. The summed E-state index contributed by atoms with van der Waals surface area (Å²) < 4.78 is 0. The Morgan fingerprint density at radius 2 is 2.00 bits per heavy atom. The number of benzene rings is 2. The minimum Gasteiger partial charge on any atom is -0.352 e. The van der Waals surface area contributed by atoms with Crippen molar-refractivity contribution in [2.24, 2.45) is 11.7 Å². The summed E-state index contributed by atoms with van der Waals surface area (Å²) in [5, 5.41) is 5.67. The standard InChI is InChI=1S/C20H26N2O.ClH/c1-2-3-9-15(13-21)22-20(23)19-12-18(19)17-11-6-8-14-7-4-5-10-16(14)17;/h4-8,10-11,15,18-19H,2-3,9,12-13,21H2,1H3,(H,22,23);1H. The van der Waals surface area contributed by atoms with Crippen molar-refractivity contribution in [2.75, 3.05) is 6.54 Å². The average Bonchev–Trinajstić information content (AvgIpc) is 3.38. The predicted octanol–water partition coefficient (Wildman–Crippen LogP) is 4.00. The highest BCUT2D eigenvalue weighted by molar-refractivity contribution is 5.89. The van der Waals surface area contributed by atoms with E-state index in [1.165, 1.54) is 16.3 Å². The lowest BCUT2D eigenvalue weighted by molar-refractivity contribution is -0.123. The van der Waals surface area contributed by atoms with Crippen molar-refractivity contribution in [2.45, 2.75) is 44.6 Å². The molecular weight excluding hydrogens is 320 g/mol. The summed E-state index contributed by atoms with van der Waals surface area (Å²) in [7, 11) is 0. The van der Waals surface area contributed by atoms with Gasteiger partial charge in [0, 0.05) is 18.5 Å². The molecule has 1 aliphatic carbocycles. The van der Waals surface area contributed by atoms with Gasteiger partial charge in [0.2, 0.25) is 5.91 Å². The number of carbonyl (C=O) groups excluding carboxylic acids is 1. The molecule has 1 fully saturated rings. The number of halogens is 1. The molecule has 3 nitrogen and oxygen atoms in total. The van der Waals surface area contributed by atoms with E-state index < -0.39 is 0 Å². The highest BCUT2D eigenvalue weighted by Gasteiger charge is 2.44. The third-order valence-corrected chi connectivity index (χ3v) is 4.89. The lowest BCUT2D eigenvalue weighted by Gasteiger charge is -2.16. The van der Waals surface area contributed by atoms with Crippen molar-refractivity contribution < 1.29 is 4.79 Å². The van der Waals surface area contributed by atoms with Crippen LogP contribution in [-0.2, 0) is 4.79 Å². The maximum atomic E-state index is 12.5. The summed E-state index contributed by atoms with van der Waals surface area (Å²) >= 11 is 0. The normalized spacial score (nSPS) is 20.2. The van der Waals surface area contributed by atoms with E-state index in [1.807, 2.05) is 0 Å². The van der Waals surface area contributed by atoms with Gasteiger partial charge in [-0.2, -0.15) is 0 Å². The Labute approximate surface area is 150 Å². The molecule has 2 aromatic rings. The number of rotatable bonds is 7.